The Kier molecular flexibility index (Phi) is 4.37. The molecular formula is C15H21N2OPS2. The van der Waals surface area contributed by atoms with Crippen LogP contribution in [0.25, 0.3) is 0 Å². The largest absolute Gasteiger partial charge is 0.497 e. The molecule has 1 spiro atoms. The highest BCUT2D eigenvalue weighted by Crippen LogP contribution is 2.48. The van der Waals surface area contributed by atoms with Crippen LogP contribution in [-0.2, 0) is 11.8 Å². The van der Waals surface area contributed by atoms with Crippen LogP contribution < -0.4 is 20.2 Å². The molecule has 2 N–H and O–H groups in total. The normalized spacial score (nSPS) is 28.1. The molecule has 2 fully saturated rings. The van der Waals surface area contributed by atoms with Gasteiger partial charge in [-0.25, -0.2) is 0 Å². The van der Waals surface area contributed by atoms with Crippen molar-refractivity contribution < 1.29 is 4.74 Å². The van der Waals surface area contributed by atoms with Gasteiger partial charge in [0.15, 0.2) is 0 Å². The highest BCUT2D eigenvalue weighted by atomic mass is 32.4. The lowest BCUT2D eigenvalue weighted by Gasteiger charge is -2.28. The van der Waals surface area contributed by atoms with Crippen molar-refractivity contribution in [2.45, 2.75) is 44.1 Å². The molecule has 114 valence electrons. The molecule has 1 saturated carbocycles. The maximum atomic E-state index is 5.95. The summed E-state index contributed by atoms with van der Waals surface area (Å²) in [6.45, 7) is 0. The lowest BCUT2D eigenvalue weighted by molar-refractivity contribution is 0.415. The fourth-order valence-corrected chi connectivity index (χ4v) is 7.62. The van der Waals surface area contributed by atoms with E-state index in [-0.39, 0.29) is 5.54 Å². The van der Waals surface area contributed by atoms with Crippen molar-refractivity contribution in [3.05, 3.63) is 24.3 Å². The van der Waals surface area contributed by atoms with E-state index in [4.69, 9.17) is 28.8 Å². The second-order valence-corrected chi connectivity index (χ2v) is 10.1. The summed E-state index contributed by atoms with van der Waals surface area (Å²) < 4.78 is 5.22. The van der Waals surface area contributed by atoms with E-state index in [0.29, 0.717) is 0 Å². The number of hydrogen-bond acceptors (Lipinski definition) is 3. The molecule has 1 aliphatic carbocycles. The van der Waals surface area contributed by atoms with Gasteiger partial charge >= 0.3 is 0 Å². The minimum Gasteiger partial charge on any atom is -0.497 e. The molecule has 1 aromatic rings. The van der Waals surface area contributed by atoms with Gasteiger partial charge in [-0.3, -0.25) is 5.09 Å². The minimum atomic E-state index is -2.03. The van der Waals surface area contributed by atoms with Gasteiger partial charge in [0, 0.05) is 5.30 Å². The van der Waals surface area contributed by atoms with Gasteiger partial charge in [-0.05, 0) is 37.1 Å². The van der Waals surface area contributed by atoms with Crippen molar-refractivity contribution in [1.29, 1.82) is 0 Å². The zero-order valence-electron chi connectivity index (χ0n) is 12.2. The Morgan fingerprint density at radius 3 is 2.29 bits per heavy atom. The SMILES string of the molecule is COc1ccc(P2(=S)NC(=S)C3(CCCCCC3)N2)cc1. The predicted octanol–water partition coefficient (Wildman–Crippen LogP) is 3.24. The van der Waals surface area contributed by atoms with Crippen LogP contribution in [0.5, 0.6) is 5.75 Å². The zero-order chi connectivity index (χ0) is 14.9. The van der Waals surface area contributed by atoms with Crippen molar-refractivity contribution >= 4 is 40.7 Å². The second kappa shape index (κ2) is 5.96. The number of thiocarbonyl (C=S) groups is 1. The topological polar surface area (TPSA) is 33.3 Å². The monoisotopic (exact) mass is 340 g/mol. The zero-order valence-corrected chi connectivity index (χ0v) is 14.8. The van der Waals surface area contributed by atoms with E-state index in [2.05, 4.69) is 22.3 Å². The standard InChI is InChI=1S/C15H21N2OPS2/c1-18-12-6-8-13(9-7-12)19(21)16-14(20)15(17-19)10-4-2-3-5-11-15/h6-9H,2-5,10-11H2,1H3,(H2,16,17,20,21). The fraction of sp³-hybridized carbons (Fsp3) is 0.533. The van der Waals surface area contributed by atoms with Gasteiger partial charge < -0.3 is 9.82 Å². The fourth-order valence-electron chi connectivity index (χ4n) is 3.22. The molecule has 0 amide bonds. The molecule has 21 heavy (non-hydrogen) atoms. The van der Waals surface area contributed by atoms with Gasteiger partial charge in [0.25, 0.3) is 0 Å². The van der Waals surface area contributed by atoms with Gasteiger partial charge in [-0.2, -0.15) is 0 Å². The number of nitrogens with one attached hydrogen (secondary N) is 2. The molecule has 1 atom stereocenters. The Balaban J connectivity index is 1.89. The average Bonchev–Trinajstić information content (AvgIpc) is 2.65. The van der Waals surface area contributed by atoms with Crippen LogP contribution in [0.3, 0.4) is 0 Å². The molecule has 0 aromatic heterocycles. The van der Waals surface area contributed by atoms with Crippen LogP contribution in [0.4, 0.5) is 0 Å². The van der Waals surface area contributed by atoms with E-state index >= 15 is 0 Å². The Morgan fingerprint density at radius 1 is 1.10 bits per heavy atom. The number of methoxy groups -OCH3 is 1. The van der Waals surface area contributed by atoms with Crippen molar-refractivity contribution in [2.24, 2.45) is 0 Å². The molecule has 0 bridgehead atoms. The molecule has 1 aromatic carbocycles. The number of rotatable bonds is 2. The van der Waals surface area contributed by atoms with E-state index in [1.165, 1.54) is 25.7 Å². The summed E-state index contributed by atoms with van der Waals surface area (Å²) in [5.41, 5.74) is -0.0682. The lowest BCUT2D eigenvalue weighted by atomic mass is 9.92. The van der Waals surface area contributed by atoms with E-state index in [0.717, 1.165) is 28.9 Å². The maximum Gasteiger partial charge on any atom is 0.126 e. The first kappa shape index (κ1) is 15.4. The summed E-state index contributed by atoms with van der Waals surface area (Å²) in [5, 5.41) is 8.36. The molecule has 1 aliphatic heterocycles. The maximum absolute atomic E-state index is 5.95. The average molecular weight is 340 g/mol. The molecule has 0 radical (unpaired) electrons. The molecule has 6 heteroatoms. The van der Waals surface area contributed by atoms with Crippen LogP contribution in [0, 0.1) is 0 Å². The highest BCUT2D eigenvalue weighted by molar-refractivity contribution is 8.17. The summed E-state index contributed by atoms with van der Waals surface area (Å²) >= 11 is 11.6. The summed E-state index contributed by atoms with van der Waals surface area (Å²) in [7, 11) is 1.68. The first-order valence-electron chi connectivity index (χ1n) is 7.45. The predicted molar refractivity (Wildman–Crippen MR) is 96.2 cm³/mol. The third-order valence-corrected chi connectivity index (χ3v) is 8.59. The number of hydrogen-bond donors (Lipinski definition) is 2. The van der Waals surface area contributed by atoms with E-state index < -0.39 is 6.34 Å². The quantitative estimate of drug-likeness (QED) is 0.638. The van der Waals surface area contributed by atoms with Crippen LogP contribution in [0.1, 0.15) is 38.5 Å². The summed E-state index contributed by atoms with van der Waals surface area (Å²) in [6, 6.07) is 8.04. The third-order valence-electron chi connectivity index (χ3n) is 4.46. The van der Waals surface area contributed by atoms with Gasteiger partial charge in [0.1, 0.15) is 17.1 Å². The van der Waals surface area contributed by atoms with Crippen molar-refractivity contribution in [3.8, 4) is 5.75 Å². The van der Waals surface area contributed by atoms with Gasteiger partial charge in [0.2, 0.25) is 0 Å². The second-order valence-electron chi connectivity index (χ2n) is 5.86. The summed E-state index contributed by atoms with van der Waals surface area (Å²) in [6.07, 6.45) is 5.25. The van der Waals surface area contributed by atoms with Crippen molar-refractivity contribution in [3.63, 3.8) is 0 Å². The van der Waals surface area contributed by atoms with E-state index in [1.807, 2.05) is 12.1 Å². The first-order chi connectivity index (χ1) is 10.1. The van der Waals surface area contributed by atoms with E-state index in [1.54, 1.807) is 7.11 Å². The minimum absolute atomic E-state index is 0.0682. The van der Waals surface area contributed by atoms with Crippen LogP contribution in [0.15, 0.2) is 24.3 Å². The molecule has 1 unspecified atom stereocenters. The van der Waals surface area contributed by atoms with Gasteiger partial charge in [-0.1, -0.05) is 49.7 Å². The highest BCUT2D eigenvalue weighted by Gasteiger charge is 2.46. The summed E-state index contributed by atoms with van der Waals surface area (Å²) in [5.74, 6) is 0.853. The molecule has 3 nitrogen and oxygen atoms in total. The summed E-state index contributed by atoms with van der Waals surface area (Å²) in [4.78, 5) is 0.934. The molecule has 3 rings (SSSR count). The smallest absolute Gasteiger partial charge is 0.126 e. The Morgan fingerprint density at radius 2 is 1.71 bits per heavy atom. The lowest BCUT2D eigenvalue weighted by Crippen LogP contribution is -2.44. The number of benzene rings is 1. The van der Waals surface area contributed by atoms with Gasteiger partial charge in [0.05, 0.1) is 12.6 Å². The Labute approximate surface area is 137 Å². The van der Waals surface area contributed by atoms with Gasteiger partial charge in [-0.15, -0.1) is 0 Å². The first-order valence-corrected chi connectivity index (χ1v) is 10.7. The molecule has 1 heterocycles. The Bertz CT molecular complexity index is 580. The molecule has 1 saturated heterocycles. The molecule has 2 aliphatic rings. The Hall–Kier alpha value is -0.480. The van der Waals surface area contributed by atoms with Crippen molar-refractivity contribution in [1.82, 2.24) is 10.2 Å². The van der Waals surface area contributed by atoms with E-state index in [9.17, 15) is 0 Å². The molecular weight excluding hydrogens is 319 g/mol. The van der Waals surface area contributed by atoms with Crippen LogP contribution in [0.2, 0.25) is 0 Å². The third kappa shape index (κ3) is 2.89. The number of ether oxygens (including phenoxy) is 1. The van der Waals surface area contributed by atoms with Crippen LogP contribution in [-0.4, -0.2) is 17.6 Å². The van der Waals surface area contributed by atoms with Crippen LogP contribution >= 0.6 is 18.6 Å². The van der Waals surface area contributed by atoms with Crippen molar-refractivity contribution in [2.75, 3.05) is 7.11 Å².